The van der Waals surface area contributed by atoms with Crippen molar-refractivity contribution >= 4 is 11.5 Å². The van der Waals surface area contributed by atoms with Crippen LogP contribution in [-0.2, 0) is 0 Å². The largest absolute Gasteiger partial charge is 0.359 e. The summed E-state index contributed by atoms with van der Waals surface area (Å²) in [5.41, 5.74) is 3.72. The van der Waals surface area contributed by atoms with Gasteiger partial charge in [0.25, 0.3) is 0 Å². The van der Waals surface area contributed by atoms with Crippen molar-refractivity contribution in [1.29, 1.82) is 0 Å². The van der Waals surface area contributed by atoms with Gasteiger partial charge in [-0.3, -0.25) is 4.79 Å². The van der Waals surface area contributed by atoms with Crippen LogP contribution in [0.15, 0.2) is 66.4 Å². The molecule has 2 rings (SSSR count). The predicted octanol–water partition coefficient (Wildman–Crippen LogP) is 4.19. The zero-order chi connectivity index (χ0) is 13.7. The van der Waals surface area contributed by atoms with Crippen molar-refractivity contribution in [2.75, 3.05) is 5.32 Å². The Bertz CT molecular complexity index is 600. The van der Waals surface area contributed by atoms with Crippen LogP contribution in [0.25, 0.3) is 0 Å². The minimum Gasteiger partial charge on any atom is -0.359 e. The molecule has 0 saturated carbocycles. The molecule has 2 heteroatoms. The highest BCUT2D eigenvalue weighted by molar-refractivity contribution is 6.05. The first-order chi connectivity index (χ1) is 9.15. The lowest BCUT2D eigenvalue weighted by atomic mass is 10.1. The summed E-state index contributed by atoms with van der Waals surface area (Å²) >= 11 is 0. The van der Waals surface area contributed by atoms with Gasteiger partial charge in [-0.05, 0) is 31.5 Å². The molecule has 19 heavy (non-hydrogen) atoms. The molecule has 2 aromatic rings. The quantitative estimate of drug-likeness (QED) is 0.652. The van der Waals surface area contributed by atoms with Crippen molar-refractivity contribution in [3.8, 4) is 0 Å². The van der Waals surface area contributed by atoms with E-state index in [4.69, 9.17) is 0 Å². The maximum Gasteiger partial charge on any atom is 0.187 e. The fourth-order valence-corrected chi connectivity index (χ4v) is 1.87. The van der Waals surface area contributed by atoms with Crippen LogP contribution in [0.5, 0.6) is 0 Å². The zero-order valence-corrected chi connectivity index (χ0v) is 11.2. The molecule has 2 nitrogen and oxygen atoms in total. The van der Waals surface area contributed by atoms with Crippen LogP contribution in [0, 0.1) is 6.92 Å². The number of ketones is 1. The fraction of sp³-hybridized carbons (Fsp3) is 0.118. The second-order valence-electron chi connectivity index (χ2n) is 4.55. The van der Waals surface area contributed by atoms with E-state index in [9.17, 15) is 4.79 Å². The highest BCUT2D eigenvalue weighted by atomic mass is 16.1. The first-order valence-corrected chi connectivity index (χ1v) is 6.26. The molecule has 0 spiro atoms. The van der Waals surface area contributed by atoms with Gasteiger partial charge >= 0.3 is 0 Å². The van der Waals surface area contributed by atoms with Gasteiger partial charge in [0.2, 0.25) is 0 Å². The summed E-state index contributed by atoms with van der Waals surface area (Å²) in [6, 6.07) is 17.3. The minimum absolute atomic E-state index is 0.0123. The van der Waals surface area contributed by atoms with Crippen LogP contribution >= 0.6 is 0 Å². The molecule has 0 aliphatic carbocycles. The van der Waals surface area contributed by atoms with Gasteiger partial charge in [-0.2, -0.15) is 0 Å². The maximum atomic E-state index is 12.0. The van der Waals surface area contributed by atoms with Crippen molar-refractivity contribution in [2.45, 2.75) is 13.8 Å². The second kappa shape index (κ2) is 6.01. The molecule has 0 bridgehead atoms. The molecule has 0 fully saturated rings. The summed E-state index contributed by atoms with van der Waals surface area (Å²) in [6.45, 7) is 3.93. The van der Waals surface area contributed by atoms with E-state index < -0.39 is 0 Å². The number of rotatable bonds is 4. The summed E-state index contributed by atoms with van der Waals surface area (Å²) in [6.07, 6.45) is 1.62. The Hall–Kier alpha value is -2.35. The molecule has 0 aliphatic heterocycles. The van der Waals surface area contributed by atoms with Gasteiger partial charge < -0.3 is 5.32 Å². The topological polar surface area (TPSA) is 29.1 Å². The van der Waals surface area contributed by atoms with E-state index in [-0.39, 0.29) is 5.78 Å². The SMILES string of the molecule is C/C(=C/C(=O)c1ccccc1)Nc1cccc(C)c1. The van der Waals surface area contributed by atoms with Gasteiger partial charge in [0.1, 0.15) is 0 Å². The molecule has 0 radical (unpaired) electrons. The van der Waals surface area contributed by atoms with Gasteiger partial charge in [-0.15, -0.1) is 0 Å². The maximum absolute atomic E-state index is 12.0. The number of anilines is 1. The molecule has 0 aromatic heterocycles. The van der Waals surface area contributed by atoms with Gasteiger partial charge in [-0.1, -0.05) is 42.5 Å². The summed E-state index contributed by atoms with van der Waals surface area (Å²) in [4.78, 5) is 12.0. The van der Waals surface area contributed by atoms with Crippen molar-refractivity contribution in [1.82, 2.24) is 0 Å². The van der Waals surface area contributed by atoms with E-state index in [2.05, 4.69) is 5.32 Å². The summed E-state index contributed by atoms with van der Waals surface area (Å²) in [5, 5.41) is 3.22. The second-order valence-corrected chi connectivity index (χ2v) is 4.55. The molecular weight excluding hydrogens is 234 g/mol. The average Bonchev–Trinajstić information content (AvgIpc) is 2.39. The third-order valence-corrected chi connectivity index (χ3v) is 2.77. The van der Waals surface area contributed by atoms with Crippen LogP contribution in [0.2, 0.25) is 0 Å². The molecule has 1 N–H and O–H groups in total. The van der Waals surface area contributed by atoms with E-state index in [1.54, 1.807) is 6.08 Å². The number of nitrogens with one attached hydrogen (secondary N) is 1. The molecule has 0 heterocycles. The number of hydrogen-bond donors (Lipinski definition) is 1. The third kappa shape index (κ3) is 3.81. The molecule has 0 aliphatic rings. The molecule has 0 atom stereocenters. The van der Waals surface area contributed by atoms with E-state index in [1.165, 1.54) is 5.56 Å². The lowest BCUT2D eigenvalue weighted by Gasteiger charge is -2.07. The Labute approximate surface area is 113 Å². The van der Waals surface area contributed by atoms with E-state index in [0.29, 0.717) is 5.56 Å². The van der Waals surface area contributed by atoms with Crippen LogP contribution in [0.1, 0.15) is 22.8 Å². The first kappa shape index (κ1) is 13.1. The van der Waals surface area contributed by atoms with Gasteiger partial charge in [0.15, 0.2) is 5.78 Å². The van der Waals surface area contributed by atoms with E-state index in [0.717, 1.165) is 11.4 Å². The van der Waals surface area contributed by atoms with Crippen molar-refractivity contribution in [3.05, 3.63) is 77.5 Å². The summed E-state index contributed by atoms with van der Waals surface area (Å²) in [7, 11) is 0. The Morgan fingerprint density at radius 1 is 1.05 bits per heavy atom. The lowest BCUT2D eigenvalue weighted by molar-refractivity contribution is 0.104. The zero-order valence-electron chi connectivity index (χ0n) is 11.2. The molecule has 0 saturated heterocycles. The number of carbonyl (C=O) groups is 1. The first-order valence-electron chi connectivity index (χ1n) is 6.26. The highest BCUT2D eigenvalue weighted by Gasteiger charge is 2.02. The highest BCUT2D eigenvalue weighted by Crippen LogP contribution is 2.12. The van der Waals surface area contributed by atoms with Crippen molar-refractivity contribution in [2.24, 2.45) is 0 Å². The lowest BCUT2D eigenvalue weighted by Crippen LogP contribution is -2.01. The van der Waals surface area contributed by atoms with Gasteiger partial charge in [0, 0.05) is 23.0 Å². The van der Waals surface area contributed by atoms with Crippen molar-refractivity contribution < 1.29 is 4.79 Å². The number of carbonyl (C=O) groups excluding carboxylic acids is 1. The van der Waals surface area contributed by atoms with Gasteiger partial charge in [-0.25, -0.2) is 0 Å². The van der Waals surface area contributed by atoms with Gasteiger partial charge in [0.05, 0.1) is 0 Å². The summed E-state index contributed by atoms with van der Waals surface area (Å²) < 4.78 is 0. The third-order valence-electron chi connectivity index (χ3n) is 2.77. The Morgan fingerprint density at radius 3 is 2.47 bits per heavy atom. The fourth-order valence-electron chi connectivity index (χ4n) is 1.87. The average molecular weight is 251 g/mol. The summed E-state index contributed by atoms with van der Waals surface area (Å²) in [5.74, 6) is 0.0123. The van der Waals surface area contributed by atoms with E-state index in [1.807, 2.05) is 68.4 Å². The number of aryl methyl sites for hydroxylation is 1. The smallest absolute Gasteiger partial charge is 0.187 e. The number of benzene rings is 2. The van der Waals surface area contributed by atoms with Crippen LogP contribution in [0.3, 0.4) is 0 Å². The predicted molar refractivity (Wildman–Crippen MR) is 79.3 cm³/mol. The molecule has 2 aromatic carbocycles. The number of allylic oxidation sites excluding steroid dienone is 2. The monoisotopic (exact) mass is 251 g/mol. The molecule has 0 amide bonds. The van der Waals surface area contributed by atoms with Crippen LogP contribution < -0.4 is 5.32 Å². The normalized spacial score (nSPS) is 11.2. The Kier molecular flexibility index (Phi) is 4.14. The Morgan fingerprint density at radius 2 is 1.79 bits per heavy atom. The molecule has 0 unspecified atom stereocenters. The number of hydrogen-bond acceptors (Lipinski definition) is 2. The van der Waals surface area contributed by atoms with Crippen molar-refractivity contribution in [3.63, 3.8) is 0 Å². The Balaban J connectivity index is 2.09. The van der Waals surface area contributed by atoms with Crippen LogP contribution in [-0.4, -0.2) is 5.78 Å². The van der Waals surface area contributed by atoms with Crippen LogP contribution in [0.4, 0.5) is 5.69 Å². The molecular formula is C17H17NO. The molecule has 96 valence electrons. The standard InChI is InChI=1S/C17H17NO/c1-13-7-6-10-16(11-13)18-14(2)12-17(19)15-8-4-3-5-9-15/h3-12,18H,1-2H3/b14-12-. The minimum atomic E-state index is 0.0123. The van der Waals surface area contributed by atoms with E-state index >= 15 is 0 Å².